The van der Waals surface area contributed by atoms with Crippen LogP contribution in [0.1, 0.15) is 18.6 Å². The van der Waals surface area contributed by atoms with E-state index in [4.69, 9.17) is 0 Å². The first-order valence-corrected chi connectivity index (χ1v) is 6.51. The topological polar surface area (TPSA) is 26.7 Å². The van der Waals surface area contributed by atoms with Gasteiger partial charge in [-0.05, 0) is 30.0 Å². The molecule has 0 unspecified atom stereocenters. The van der Waals surface area contributed by atoms with E-state index in [2.05, 4.69) is 28.0 Å². The molecule has 0 aliphatic carbocycles. The highest BCUT2D eigenvalue weighted by Gasteiger charge is 2.14. The van der Waals surface area contributed by atoms with Crippen LogP contribution >= 0.6 is 0 Å². The molecule has 3 nitrogen and oxygen atoms in total. The van der Waals surface area contributed by atoms with E-state index in [0.29, 0.717) is 0 Å². The summed E-state index contributed by atoms with van der Waals surface area (Å²) in [5.41, 5.74) is 3.32. The number of fused-ring (bicyclic) bond motifs is 1. The summed E-state index contributed by atoms with van der Waals surface area (Å²) in [6.07, 6.45) is -0.462. The molecule has 2 aromatic carbocycles. The standard InChI is InChI=1S/C16H22N2O/c1-11(19)12-9-10-15(18(4)5)16-13(12)7-6-8-14(16)17(2)3/h6-11,19H,1-5H3/t11-/m1/s1. The lowest BCUT2D eigenvalue weighted by atomic mass is 9.97. The predicted octanol–water partition coefficient (Wildman–Crippen LogP) is 3.03. The minimum Gasteiger partial charge on any atom is -0.389 e. The van der Waals surface area contributed by atoms with Gasteiger partial charge in [-0.2, -0.15) is 0 Å². The van der Waals surface area contributed by atoms with Crippen molar-refractivity contribution < 1.29 is 5.11 Å². The van der Waals surface area contributed by atoms with E-state index in [-0.39, 0.29) is 0 Å². The fourth-order valence-electron chi connectivity index (χ4n) is 2.50. The van der Waals surface area contributed by atoms with Crippen LogP contribution in [0, 0.1) is 0 Å². The van der Waals surface area contributed by atoms with Crippen molar-refractivity contribution in [1.82, 2.24) is 0 Å². The number of rotatable bonds is 3. The Bertz CT molecular complexity index is 574. The second-order valence-corrected chi connectivity index (χ2v) is 5.34. The Labute approximate surface area is 115 Å². The molecule has 19 heavy (non-hydrogen) atoms. The molecule has 2 aromatic rings. The Hall–Kier alpha value is -1.74. The van der Waals surface area contributed by atoms with E-state index in [9.17, 15) is 5.11 Å². The number of anilines is 2. The van der Waals surface area contributed by atoms with Gasteiger partial charge in [0, 0.05) is 45.0 Å². The Kier molecular flexibility index (Phi) is 3.67. The summed E-state index contributed by atoms with van der Waals surface area (Å²) in [4.78, 5) is 4.22. The number of hydrogen-bond donors (Lipinski definition) is 1. The first-order chi connectivity index (χ1) is 8.93. The Morgan fingerprint density at radius 2 is 1.47 bits per heavy atom. The van der Waals surface area contributed by atoms with Crippen molar-refractivity contribution in [3.8, 4) is 0 Å². The molecule has 0 fully saturated rings. The van der Waals surface area contributed by atoms with E-state index in [0.717, 1.165) is 10.9 Å². The smallest absolute Gasteiger partial charge is 0.0767 e. The Morgan fingerprint density at radius 3 is 2.00 bits per heavy atom. The van der Waals surface area contributed by atoms with Crippen molar-refractivity contribution in [3.63, 3.8) is 0 Å². The van der Waals surface area contributed by atoms with Crippen LogP contribution in [0.3, 0.4) is 0 Å². The molecule has 0 saturated heterocycles. The molecule has 0 heterocycles. The highest BCUT2D eigenvalue weighted by Crippen LogP contribution is 2.37. The van der Waals surface area contributed by atoms with Crippen molar-refractivity contribution in [3.05, 3.63) is 35.9 Å². The Morgan fingerprint density at radius 1 is 0.895 bits per heavy atom. The average Bonchev–Trinajstić information content (AvgIpc) is 2.35. The molecular formula is C16H22N2O. The average molecular weight is 258 g/mol. The minimum atomic E-state index is -0.462. The molecule has 0 aliphatic heterocycles. The van der Waals surface area contributed by atoms with Gasteiger partial charge in [0.25, 0.3) is 0 Å². The molecule has 0 bridgehead atoms. The van der Waals surface area contributed by atoms with Crippen LogP contribution in [-0.4, -0.2) is 33.3 Å². The minimum absolute atomic E-state index is 0.462. The molecule has 1 N–H and O–H groups in total. The predicted molar refractivity (Wildman–Crippen MR) is 83.2 cm³/mol. The van der Waals surface area contributed by atoms with Crippen molar-refractivity contribution in [2.45, 2.75) is 13.0 Å². The zero-order chi connectivity index (χ0) is 14.2. The maximum atomic E-state index is 9.95. The maximum absolute atomic E-state index is 9.95. The lowest BCUT2D eigenvalue weighted by Gasteiger charge is -2.23. The summed E-state index contributed by atoms with van der Waals surface area (Å²) in [6.45, 7) is 1.81. The van der Waals surface area contributed by atoms with Gasteiger partial charge < -0.3 is 14.9 Å². The van der Waals surface area contributed by atoms with Crippen molar-refractivity contribution in [2.75, 3.05) is 38.0 Å². The largest absolute Gasteiger partial charge is 0.389 e. The molecule has 0 radical (unpaired) electrons. The second kappa shape index (κ2) is 5.10. The Balaban J connectivity index is 2.89. The van der Waals surface area contributed by atoms with Gasteiger partial charge in [0.05, 0.1) is 6.10 Å². The van der Waals surface area contributed by atoms with Crippen molar-refractivity contribution in [2.24, 2.45) is 0 Å². The number of benzene rings is 2. The molecule has 0 aromatic heterocycles. The fraction of sp³-hybridized carbons (Fsp3) is 0.375. The van der Waals surface area contributed by atoms with Gasteiger partial charge in [0.1, 0.15) is 0 Å². The molecule has 3 heteroatoms. The van der Waals surface area contributed by atoms with E-state index in [1.807, 2.05) is 47.2 Å². The quantitative estimate of drug-likeness (QED) is 0.916. The number of nitrogens with zero attached hydrogens (tertiary/aromatic N) is 2. The number of aliphatic hydroxyl groups is 1. The van der Waals surface area contributed by atoms with Crippen LogP contribution < -0.4 is 9.80 Å². The van der Waals surface area contributed by atoms with Crippen LogP contribution in [0.15, 0.2) is 30.3 Å². The number of hydrogen-bond acceptors (Lipinski definition) is 3. The molecule has 1 atom stereocenters. The lowest BCUT2D eigenvalue weighted by Crippen LogP contribution is -2.14. The van der Waals surface area contributed by atoms with Gasteiger partial charge in [-0.25, -0.2) is 0 Å². The summed E-state index contributed by atoms with van der Waals surface area (Å²) in [5, 5.41) is 12.3. The number of aliphatic hydroxyl groups excluding tert-OH is 1. The maximum Gasteiger partial charge on any atom is 0.0767 e. The second-order valence-electron chi connectivity index (χ2n) is 5.34. The summed E-state index contributed by atoms with van der Waals surface area (Å²) < 4.78 is 0. The van der Waals surface area contributed by atoms with E-state index >= 15 is 0 Å². The highest BCUT2D eigenvalue weighted by atomic mass is 16.3. The van der Waals surface area contributed by atoms with Crippen LogP contribution in [0.5, 0.6) is 0 Å². The van der Waals surface area contributed by atoms with Gasteiger partial charge >= 0.3 is 0 Å². The third-order valence-electron chi connectivity index (χ3n) is 3.44. The molecule has 0 aliphatic rings. The molecule has 0 spiro atoms. The van der Waals surface area contributed by atoms with Crippen LogP contribution in [0.2, 0.25) is 0 Å². The zero-order valence-electron chi connectivity index (χ0n) is 12.3. The van der Waals surface area contributed by atoms with Gasteiger partial charge in [-0.3, -0.25) is 0 Å². The van der Waals surface area contributed by atoms with Crippen molar-refractivity contribution in [1.29, 1.82) is 0 Å². The van der Waals surface area contributed by atoms with E-state index in [1.54, 1.807) is 0 Å². The molecule has 0 saturated carbocycles. The first kappa shape index (κ1) is 13.7. The van der Waals surface area contributed by atoms with E-state index in [1.165, 1.54) is 16.8 Å². The summed E-state index contributed by atoms with van der Waals surface area (Å²) in [7, 11) is 8.18. The van der Waals surface area contributed by atoms with Gasteiger partial charge in [-0.15, -0.1) is 0 Å². The summed E-state index contributed by atoms with van der Waals surface area (Å²) in [6, 6.07) is 10.3. The molecule has 102 valence electrons. The zero-order valence-corrected chi connectivity index (χ0v) is 12.3. The fourth-order valence-corrected chi connectivity index (χ4v) is 2.50. The van der Waals surface area contributed by atoms with Crippen LogP contribution in [0.25, 0.3) is 10.8 Å². The van der Waals surface area contributed by atoms with Gasteiger partial charge in [-0.1, -0.05) is 18.2 Å². The van der Waals surface area contributed by atoms with E-state index < -0.39 is 6.10 Å². The third-order valence-corrected chi connectivity index (χ3v) is 3.44. The van der Waals surface area contributed by atoms with Crippen LogP contribution in [-0.2, 0) is 0 Å². The van der Waals surface area contributed by atoms with Gasteiger partial charge in [0.2, 0.25) is 0 Å². The monoisotopic (exact) mass is 258 g/mol. The SMILES string of the molecule is C[C@@H](O)c1ccc(N(C)C)c2c(N(C)C)cccc12. The normalized spacial score (nSPS) is 12.5. The summed E-state index contributed by atoms with van der Waals surface area (Å²) in [5.74, 6) is 0. The van der Waals surface area contributed by atoms with Crippen molar-refractivity contribution >= 4 is 22.1 Å². The molecule has 2 rings (SSSR count). The molecule has 0 amide bonds. The molecular weight excluding hydrogens is 236 g/mol. The third kappa shape index (κ3) is 2.38. The van der Waals surface area contributed by atoms with Crippen LogP contribution in [0.4, 0.5) is 11.4 Å². The lowest BCUT2D eigenvalue weighted by molar-refractivity contribution is 0.201. The van der Waals surface area contributed by atoms with Gasteiger partial charge in [0.15, 0.2) is 0 Å². The highest BCUT2D eigenvalue weighted by molar-refractivity contribution is 6.05. The first-order valence-electron chi connectivity index (χ1n) is 6.51. The summed E-state index contributed by atoms with van der Waals surface area (Å²) >= 11 is 0.